The van der Waals surface area contributed by atoms with E-state index in [1.54, 1.807) is 17.0 Å². The highest BCUT2D eigenvalue weighted by Crippen LogP contribution is 2.38. The monoisotopic (exact) mass is 432 g/mol. The predicted molar refractivity (Wildman–Crippen MR) is 120 cm³/mol. The van der Waals surface area contributed by atoms with Crippen molar-refractivity contribution in [2.24, 2.45) is 0 Å². The van der Waals surface area contributed by atoms with Crippen molar-refractivity contribution in [3.8, 4) is 0 Å². The van der Waals surface area contributed by atoms with Crippen LogP contribution in [0.25, 0.3) is 11.0 Å². The van der Waals surface area contributed by atoms with Crippen molar-refractivity contribution >= 4 is 22.7 Å². The number of hydrogen-bond acceptors (Lipinski definition) is 4. The molecule has 0 saturated carbocycles. The van der Waals surface area contributed by atoms with Gasteiger partial charge in [0, 0.05) is 23.9 Å². The molecule has 1 N–H and O–H groups in total. The quantitative estimate of drug-likeness (QED) is 0.526. The number of para-hydroxylation sites is 1. The highest BCUT2D eigenvalue weighted by molar-refractivity contribution is 6.15. The Bertz CT molecular complexity index is 1110. The van der Waals surface area contributed by atoms with Gasteiger partial charge < -0.3 is 19.3 Å². The molecule has 2 heterocycles. The smallest absolute Gasteiger partial charge is 0.239 e. The minimum Gasteiger partial charge on any atom is -0.868 e. The molecule has 166 valence electrons. The van der Waals surface area contributed by atoms with E-state index in [4.69, 9.17) is 4.42 Å². The summed E-state index contributed by atoms with van der Waals surface area (Å²) in [6, 6.07) is 17.5. The second kappa shape index (κ2) is 9.40. The summed E-state index contributed by atoms with van der Waals surface area (Å²) >= 11 is 0. The zero-order valence-electron chi connectivity index (χ0n) is 18.5. The Hall–Kier alpha value is -3.38. The Kier molecular flexibility index (Phi) is 6.42. The maximum absolute atomic E-state index is 13.4. The summed E-state index contributed by atoms with van der Waals surface area (Å²) in [5.74, 6) is -1.80. The first-order valence-electron chi connectivity index (χ1n) is 11.2. The molecule has 0 fully saturated rings. The van der Waals surface area contributed by atoms with Crippen LogP contribution in [0.4, 0.5) is 0 Å². The lowest BCUT2D eigenvalue weighted by Crippen LogP contribution is -3.11. The number of quaternary nitrogens is 1. The topological polar surface area (TPSA) is 78.0 Å². The number of carbonyl (C=O) groups excluding carboxylic acids is 2. The number of hydrogen-bond donors (Lipinski definition) is 1. The Morgan fingerprint density at radius 1 is 1.06 bits per heavy atom. The molecule has 1 atom stereocenters. The van der Waals surface area contributed by atoms with Crippen molar-refractivity contribution in [1.82, 2.24) is 4.90 Å². The summed E-state index contributed by atoms with van der Waals surface area (Å²) in [7, 11) is 0. The highest BCUT2D eigenvalue weighted by atomic mass is 16.3. The van der Waals surface area contributed by atoms with E-state index in [0.717, 1.165) is 37.0 Å². The van der Waals surface area contributed by atoms with Gasteiger partial charge >= 0.3 is 0 Å². The van der Waals surface area contributed by atoms with E-state index < -0.39 is 23.5 Å². The second-order valence-corrected chi connectivity index (χ2v) is 8.09. The lowest BCUT2D eigenvalue weighted by atomic mass is 9.95. The first-order valence-corrected chi connectivity index (χ1v) is 11.2. The number of carbonyl (C=O) groups is 2. The van der Waals surface area contributed by atoms with E-state index >= 15 is 0 Å². The average molecular weight is 433 g/mol. The van der Waals surface area contributed by atoms with Crippen LogP contribution in [0.15, 0.2) is 76.4 Å². The van der Waals surface area contributed by atoms with Crippen molar-refractivity contribution in [1.29, 1.82) is 0 Å². The van der Waals surface area contributed by atoms with Crippen LogP contribution in [0, 0.1) is 0 Å². The first kappa shape index (κ1) is 21.8. The van der Waals surface area contributed by atoms with Crippen LogP contribution < -0.4 is 10.0 Å². The lowest BCUT2D eigenvalue weighted by molar-refractivity contribution is -0.896. The Labute approximate surface area is 187 Å². The molecule has 3 aromatic rings. The third-order valence-corrected chi connectivity index (χ3v) is 6.22. The molecule has 0 aliphatic carbocycles. The van der Waals surface area contributed by atoms with E-state index in [2.05, 4.69) is 13.8 Å². The van der Waals surface area contributed by atoms with Crippen LogP contribution >= 0.6 is 0 Å². The van der Waals surface area contributed by atoms with Crippen molar-refractivity contribution < 1.29 is 24.0 Å². The minimum atomic E-state index is -0.737. The van der Waals surface area contributed by atoms with Crippen molar-refractivity contribution in [3.05, 3.63) is 83.3 Å². The van der Waals surface area contributed by atoms with Crippen LogP contribution in [-0.4, -0.2) is 42.8 Å². The SMILES string of the molecule is CC[NH+](CC)CCCN1C(=O)C([O-])=C(C(=O)c2cc3ccccc3o2)C1c1ccccc1. The van der Waals surface area contributed by atoms with Gasteiger partial charge in [0.1, 0.15) is 5.58 Å². The zero-order valence-corrected chi connectivity index (χ0v) is 18.5. The molecule has 6 nitrogen and oxygen atoms in total. The predicted octanol–water partition coefficient (Wildman–Crippen LogP) is 2.13. The largest absolute Gasteiger partial charge is 0.868 e. The normalized spacial score (nSPS) is 16.5. The molecule has 6 heteroatoms. The summed E-state index contributed by atoms with van der Waals surface area (Å²) in [6.45, 7) is 7.60. The zero-order chi connectivity index (χ0) is 22.7. The molecule has 1 amide bonds. The molecular formula is C26H28N2O4. The molecule has 1 aliphatic heterocycles. The number of benzene rings is 2. The van der Waals surface area contributed by atoms with E-state index in [0.29, 0.717) is 12.1 Å². The van der Waals surface area contributed by atoms with Crippen molar-refractivity contribution in [3.63, 3.8) is 0 Å². The summed E-state index contributed by atoms with van der Waals surface area (Å²) in [4.78, 5) is 29.4. The van der Waals surface area contributed by atoms with Crippen LogP contribution in [0.2, 0.25) is 0 Å². The average Bonchev–Trinajstić information content (AvgIpc) is 3.37. The van der Waals surface area contributed by atoms with Gasteiger partial charge in [-0.25, -0.2) is 0 Å². The van der Waals surface area contributed by atoms with Crippen LogP contribution in [-0.2, 0) is 4.79 Å². The highest BCUT2D eigenvalue weighted by Gasteiger charge is 2.40. The molecule has 0 radical (unpaired) electrons. The Balaban J connectivity index is 1.67. The molecule has 1 aliphatic rings. The Morgan fingerprint density at radius 3 is 2.44 bits per heavy atom. The van der Waals surface area contributed by atoms with E-state index in [1.165, 1.54) is 4.90 Å². The maximum Gasteiger partial charge on any atom is 0.239 e. The number of fused-ring (bicyclic) bond motifs is 1. The standard InChI is InChI=1S/C26H28N2O4/c1-3-27(4-2)15-10-16-28-23(18-11-6-5-7-12-18)22(25(30)26(28)31)24(29)21-17-19-13-8-9-14-20(19)32-21/h5-9,11-14,17,23,30H,3-4,10,15-16H2,1-2H3. The van der Waals surface area contributed by atoms with Gasteiger partial charge in [0.05, 0.1) is 25.7 Å². The van der Waals surface area contributed by atoms with Gasteiger partial charge in [-0.2, -0.15) is 0 Å². The number of nitrogens with one attached hydrogen (secondary N) is 1. The van der Waals surface area contributed by atoms with Crippen LogP contribution in [0.3, 0.4) is 0 Å². The minimum absolute atomic E-state index is 0.0320. The fraction of sp³-hybridized carbons (Fsp3) is 0.308. The van der Waals surface area contributed by atoms with E-state index in [9.17, 15) is 14.7 Å². The summed E-state index contributed by atoms with van der Waals surface area (Å²) < 4.78 is 5.73. The molecule has 0 spiro atoms. The first-order chi connectivity index (χ1) is 15.5. The number of ketones is 1. The lowest BCUT2D eigenvalue weighted by Gasteiger charge is -2.28. The molecule has 4 rings (SSSR count). The molecule has 2 aromatic carbocycles. The van der Waals surface area contributed by atoms with Gasteiger partial charge in [0.15, 0.2) is 5.76 Å². The fourth-order valence-corrected chi connectivity index (χ4v) is 4.41. The van der Waals surface area contributed by atoms with Gasteiger partial charge in [-0.15, -0.1) is 0 Å². The van der Waals surface area contributed by atoms with Crippen LogP contribution in [0.1, 0.15) is 42.4 Å². The summed E-state index contributed by atoms with van der Waals surface area (Å²) in [5, 5.41) is 13.8. The van der Waals surface area contributed by atoms with Gasteiger partial charge in [0.2, 0.25) is 11.7 Å². The van der Waals surface area contributed by atoms with Gasteiger partial charge in [-0.05, 0) is 37.3 Å². The number of nitrogens with zero attached hydrogens (tertiary/aromatic N) is 1. The third kappa shape index (κ3) is 4.06. The number of rotatable bonds is 9. The van der Waals surface area contributed by atoms with Crippen LogP contribution in [0.5, 0.6) is 0 Å². The number of furan rings is 1. The molecule has 1 unspecified atom stereocenters. The van der Waals surface area contributed by atoms with Crippen molar-refractivity contribution in [2.75, 3.05) is 26.2 Å². The number of amides is 1. The Morgan fingerprint density at radius 2 is 1.75 bits per heavy atom. The molecule has 32 heavy (non-hydrogen) atoms. The third-order valence-electron chi connectivity index (χ3n) is 6.22. The second-order valence-electron chi connectivity index (χ2n) is 8.09. The number of Topliss-reactive ketones (excluding diaryl/α,β-unsaturated/α-hetero) is 1. The van der Waals surface area contributed by atoms with Crippen molar-refractivity contribution in [2.45, 2.75) is 26.3 Å². The molecule has 1 aromatic heterocycles. The molecule has 0 bridgehead atoms. The van der Waals surface area contributed by atoms with Gasteiger partial charge in [-0.1, -0.05) is 48.5 Å². The molecule has 0 saturated heterocycles. The van der Waals surface area contributed by atoms with Gasteiger partial charge in [-0.3, -0.25) is 9.59 Å². The van der Waals surface area contributed by atoms with E-state index in [-0.39, 0.29) is 11.3 Å². The maximum atomic E-state index is 13.4. The van der Waals surface area contributed by atoms with E-state index in [1.807, 2.05) is 48.5 Å². The summed E-state index contributed by atoms with van der Waals surface area (Å²) in [6.07, 6.45) is 0.755. The molecular weight excluding hydrogens is 404 g/mol. The van der Waals surface area contributed by atoms with Gasteiger partial charge in [0.25, 0.3) is 0 Å². The summed E-state index contributed by atoms with van der Waals surface area (Å²) in [5.41, 5.74) is 1.29. The fourth-order valence-electron chi connectivity index (χ4n) is 4.41.